The highest BCUT2D eigenvalue weighted by molar-refractivity contribution is 7.20. The fraction of sp³-hybridized carbons (Fsp3) is 0.400. The number of amides is 3. The van der Waals surface area contributed by atoms with Gasteiger partial charge in [0, 0.05) is 41.3 Å². The van der Waals surface area contributed by atoms with E-state index >= 15 is 0 Å². The van der Waals surface area contributed by atoms with Crippen LogP contribution in [0.5, 0.6) is 0 Å². The van der Waals surface area contributed by atoms with E-state index in [9.17, 15) is 14.4 Å². The van der Waals surface area contributed by atoms with Crippen LogP contribution in [0.1, 0.15) is 56.9 Å². The van der Waals surface area contributed by atoms with Crippen molar-refractivity contribution in [2.24, 2.45) is 11.5 Å². The maximum atomic E-state index is 13.5. The summed E-state index contributed by atoms with van der Waals surface area (Å²) in [5.74, 6) is -1.01. The van der Waals surface area contributed by atoms with Gasteiger partial charge < -0.3 is 32.3 Å². The predicted octanol–water partition coefficient (Wildman–Crippen LogP) is 2.42. The summed E-state index contributed by atoms with van der Waals surface area (Å²) in [5, 5.41) is 19.1. The Kier molecular flexibility index (Phi) is 9.38. The molecular formula is C25H31ClN8O3S2. The van der Waals surface area contributed by atoms with Crippen LogP contribution in [0.2, 0.25) is 5.02 Å². The van der Waals surface area contributed by atoms with E-state index in [0.717, 1.165) is 10.1 Å². The highest BCUT2D eigenvalue weighted by Gasteiger charge is 2.37. The second-order valence-corrected chi connectivity index (χ2v) is 11.7. The predicted molar refractivity (Wildman–Crippen MR) is 154 cm³/mol. The number of aromatic nitrogens is 1. The normalized spacial score (nSPS) is 17.7. The van der Waals surface area contributed by atoms with Gasteiger partial charge in [-0.2, -0.15) is 0 Å². The number of fused-ring (bicyclic) bond motifs is 1. The molecule has 208 valence electrons. The summed E-state index contributed by atoms with van der Waals surface area (Å²) < 4.78 is 0.930. The van der Waals surface area contributed by atoms with Gasteiger partial charge in [0.05, 0.1) is 10.9 Å². The topological polar surface area (TPSA) is 179 Å². The SMILES string of the molecule is CNC(=O)C(CCCCNC(=N)N)NC(=O)c1csc([C@@H]2C[C@@H](N)CN2C(=O)c2cc3ccc(Cl)cc3s2)n1. The van der Waals surface area contributed by atoms with E-state index in [1.165, 1.54) is 29.7 Å². The van der Waals surface area contributed by atoms with Crippen LogP contribution in [0, 0.1) is 5.41 Å². The van der Waals surface area contributed by atoms with Crippen LogP contribution in [-0.4, -0.2) is 65.8 Å². The lowest BCUT2D eigenvalue weighted by Gasteiger charge is -2.22. The Bertz CT molecular complexity index is 1380. The van der Waals surface area contributed by atoms with Gasteiger partial charge in [-0.1, -0.05) is 17.7 Å². The van der Waals surface area contributed by atoms with Crippen molar-refractivity contribution in [2.75, 3.05) is 20.1 Å². The third kappa shape index (κ3) is 7.04. The number of likely N-dealkylation sites (tertiary alicyclic amines) is 1. The molecule has 1 saturated heterocycles. The summed E-state index contributed by atoms with van der Waals surface area (Å²) in [6.07, 6.45) is 2.28. The second kappa shape index (κ2) is 12.7. The van der Waals surface area contributed by atoms with Crippen LogP contribution in [0.3, 0.4) is 0 Å². The lowest BCUT2D eigenvalue weighted by Crippen LogP contribution is -2.45. The Morgan fingerprint density at radius 2 is 2.08 bits per heavy atom. The van der Waals surface area contributed by atoms with Crippen molar-refractivity contribution >= 4 is 68.0 Å². The number of hydrogen-bond acceptors (Lipinski definition) is 8. The Balaban J connectivity index is 1.43. The third-order valence-corrected chi connectivity index (χ3v) is 8.70. The molecule has 14 heteroatoms. The number of guanidine groups is 1. The number of halogens is 1. The molecule has 3 heterocycles. The van der Waals surface area contributed by atoms with Gasteiger partial charge >= 0.3 is 0 Å². The van der Waals surface area contributed by atoms with Crippen LogP contribution in [0.15, 0.2) is 29.6 Å². The fourth-order valence-corrected chi connectivity index (χ4v) is 6.71. The zero-order valence-electron chi connectivity index (χ0n) is 21.3. The number of unbranched alkanes of at least 4 members (excludes halogenated alkanes) is 1. The molecular weight excluding hydrogens is 560 g/mol. The van der Waals surface area contributed by atoms with Gasteiger partial charge in [0.25, 0.3) is 11.8 Å². The van der Waals surface area contributed by atoms with Crippen LogP contribution in [0.25, 0.3) is 10.1 Å². The number of nitrogens with zero attached hydrogens (tertiary/aromatic N) is 2. The molecule has 11 nitrogen and oxygen atoms in total. The van der Waals surface area contributed by atoms with E-state index in [0.29, 0.717) is 53.7 Å². The molecule has 1 aliphatic rings. The van der Waals surface area contributed by atoms with Crippen molar-refractivity contribution in [1.82, 2.24) is 25.8 Å². The molecule has 1 aliphatic heterocycles. The minimum absolute atomic E-state index is 0.109. The molecule has 4 rings (SSSR count). The van der Waals surface area contributed by atoms with Crippen molar-refractivity contribution in [2.45, 2.75) is 43.8 Å². The van der Waals surface area contributed by atoms with E-state index < -0.39 is 11.9 Å². The number of likely N-dealkylation sites (N-methyl/N-ethyl adjacent to an activating group) is 1. The highest BCUT2D eigenvalue weighted by atomic mass is 35.5. The Morgan fingerprint density at radius 3 is 2.82 bits per heavy atom. The molecule has 1 unspecified atom stereocenters. The first-order valence-electron chi connectivity index (χ1n) is 12.5. The van der Waals surface area contributed by atoms with Crippen molar-refractivity contribution in [3.8, 4) is 0 Å². The molecule has 0 radical (unpaired) electrons. The summed E-state index contributed by atoms with van der Waals surface area (Å²) in [6, 6.07) is 6.09. The summed E-state index contributed by atoms with van der Waals surface area (Å²) in [7, 11) is 1.51. The van der Waals surface area contributed by atoms with Gasteiger partial charge in [-0.15, -0.1) is 22.7 Å². The minimum Gasteiger partial charge on any atom is -0.370 e. The van der Waals surface area contributed by atoms with Crippen molar-refractivity contribution in [3.05, 3.63) is 50.2 Å². The summed E-state index contributed by atoms with van der Waals surface area (Å²) in [6.45, 7) is 0.893. The monoisotopic (exact) mass is 590 g/mol. The Morgan fingerprint density at radius 1 is 1.28 bits per heavy atom. The molecule has 0 saturated carbocycles. The van der Waals surface area contributed by atoms with E-state index in [4.69, 9.17) is 28.5 Å². The largest absolute Gasteiger partial charge is 0.370 e. The van der Waals surface area contributed by atoms with Gasteiger partial charge in [0.2, 0.25) is 5.91 Å². The van der Waals surface area contributed by atoms with Gasteiger partial charge in [-0.05, 0) is 49.3 Å². The number of benzene rings is 1. The van der Waals surface area contributed by atoms with E-state index in [-0.39, 0.29) is 35.6 Å². The Labute approximate surface area is 238 Å². The zero-order valence-corrected chi connectivity index (χ0v) is 23.7. The van der Waals surface area contributed by atoms with E-state index in [2.05, 4.69) is 20.9 Å². The summed E-state index contributed by atoms with van der Waals surface area (Å²) in [4.78, 5) is 45.7. The molecule has 8 N–H and O–H groups in total. The number of thiophene rings is 1. The van der Waals surface area contributed by atoms with Crippen LogP contribution < -0.4 is 27.4 Å². The number of rotatable bonds is 10. The number of carbonyl (C=O) groups is 3. The molecule has 3 amide bonds. The number of hydrogen-bond donors (Lipinski definition) is 6. The van der Waals surface area contributed by atoms with Gasteiger partial charge in [-0.25, -0.2) is 4.98 Å². The summed E-state index contributed by atoms with van der Waals surface area (Å²) >= 11 is 8.78. The van der Waals surface area contributed by atoms with E-state index in [1.54, 1.807) is 16.3 Å². The molecule has 1 fully saturated rings. The Hall–Kier alpha value is -3.26. The molecule has 0 spiro atoms. The highest BCUT2D eigenvalue weighted by Crippen LogP contribution is 2.37. The number of nitrogens with two attached hydrogens (primary N) is 2. The molecule has 0 aliphatic carbocycles. The first kappa shape index (κ1) is 28.7. The first-order chi connectivity index (χ1) is 18.7. The lowest BCUT2D eigenvalue weighted by molar-refractivity contribution is -0.122. The average molecular weight is 591 g/mol. The van der Waals surface area contributed by atoms with Crippen LogP contribution >= 0.6 is 34.3 Å². The smallest absolute Gasteiger partial charge is 0.271 e. The standard InChI is InChI=1S/C25H31ClN8O3S2/c1-30-21(35)16(4-2-3-7-31-25(28)29)32-22(36)17-12-38-23(33-17)18-10-15(27)11-34(18)24(37)20-8-13-5-6-14(26)9-19(13)39-20/h5-6,8-9,12,15-16,18H,2-4,7,10-11,27H2,1H3,(H,30,35)(H,32,36)(H4,28,29,31)/t15-,16?,18+/m1/s1. The third-order valence-electron chi connectivity index (χ3n) is 6.43. The molecule has 1 aromatic carbocycles. The average Bonchev–Trinajstić information content (AvgIpc) is 3.64. The van der Waals surface area contributed by atoms with Gasteiger partial charge in [0.15, 0.2) is 5.96 Å². The molecule has 39 heavy (non-hydrogen) atoms. The second-order valence-electron chi connectivity index (χ2n) is 9.31. The fourth-order valence-electron chi connectivity index (χ4n) is 4.50. The molecule has 0 bridgehead atoms. The minimum atomic E-state index is -0.732. The van der Waals surface area contributed by atoms with Gasteiger partial charge in [0.1, 0.15) is 16.7 Å². The van der Waals surface area contributed by atoms with Crippen LogP contribution in [0.4, 0.5) is 0 Å². The number of nitrogens with one attached hydrogen (secondary N) is 4. The number of thiazole rings is 1. The molecule has 2 aromatic heterocycles. The maximum Gasteiger partial charge on any atom is 0.271 e. The van der Waals surface area contributed by atoms with Crippen molar-refractivity contribution in [1.29, 1.82) is 5.41 Å². The lowest BCUT2D eigenvalue weighted by atomic mass is 10.1. The number of carbonyl (C=O) groups excluding carboxylic acids is 3. The van der Waals surface area contributed by atoms with E-state index in [1.807, 2.05) is 18.2 Å². The molecule has 3 atom stereocenters. The quantitative estimate of drug-likeness (QED) is 0.119. The zero-order chi connectivity index (χ0) is 28.1. The van der Waals surface area contributed by atoms with Crippen molar-refractivity contribution in [3.63, 3.8) is 0 Å². The van der Waals surface area contributed by atoms with Crippen LogP contribution in [-0.2, 0) is 4.79 Å². The molecule has 3 aromatic rings. The van der Waals surface area contributed by atoms with Gasteiger partial charge in [-0.3, -0.25) is 19.8 Å². The summed E-state index contributed by atoms with van der Waals surface area (Å²) in [5.41, 5.74) is 11.7. The maximum absolute atomic E-state index is 13.5. The first-order valence-corrected chi connectivity index (χ1v) is 14.5. The van der Waals surface area contributed by atoms with Crippen molar-refractivity contribution < 1.29 is 14.4 Å².